The van der Waals surface area contributed by atoms with Crippen molar-refractivity contribution < 1.29 is 22.7 Å². The van der Waals surface area contributed by atoms with Gasteiger partial charge in [0.1, 0.15) is 6.04 Å². The van der Waals surface area contributed by atoms with Gasteiger partial charge in [0.25, 0.3) is 0 Å². The smallest absolute Gasteiger partial charge is 0.338 e. The Labute approximate surface area is 175 Å². The summed E-state index contributed by atoms with van der Waals surface area (Å²) >= 11 is 5.98. The van der Waals surface area contributed by atoms with E-state index in [0.29, 0.717) is 21.8 Å². The van der Waals surface area contributed by atoms with Crippen LogP contribution < -0.4 is 9.62 Å². The van der Waals surface area contributed by atoms with Gasteiger partial charge in [-0.1, -0.05) is 23.7 Å². The molecule has 2 rings (SSSR count). The molecule has 0 fully saturated rings. The second kappa shape index (κ2) is 9.28. The van der Waals surface area contributed by atoms with E-state index in [-0.39, 0.29) is 12.3 Å². The molecule has 0 aromatic heterocycles. The molecule has 0 heterocycles. The van der Waals surface area contributed by atoms with Gasteiger partial charge in [-0.25, -0.2) is 13.2 Å². The summed E-state index contributed by atoms with van der Waals surface area (Å²) in [5.74, 6) is -1.05. The molecule has 0 unspecified atom stereocenters. The van der Waals surface area contributed by atoms with E-state index in [2.05, 4.69) is 5.32 Å². The molecule has 2 aromatic rings. The van der Waals surface area contributed by atoms with Gasteiger partial charge >= 0.3 is 5.97 Å². The van der Waals surface area contributed by atoms with Crippen molar-refractivity contribution in [3.63, 3.8) is 0 Å². The van der Waals surface area contributed by atoms with Crippen molar-refractivity contribution in [1.82, 2.24) is 0 Å². The number of nitrogens with one attached hydrogen (secondary N) is 1. The largest absolute Gasteiger partial charge is 0.462 e. The van der Waals surface area contributed by atoms with Gasteiger partial charge in [0.05, 0.1) is 24.1 Å². The molecule has 1 amide bonds. The molecule has 156 valence electrons. The predicted molar refractivity (Wildman–Crippen MR) is 114 cm³/mol. The van der Waals surface area contributed by atoms with E-state index in [4.69, 9.17) is 16.3 Å². The zero-order valence-electron chi connectivity index (χ0n) is 16.6. The van der Waals surface area contributed by atoms with Gasteiger partial charge in [-0.05, 0) is 56.7 Å². The van der Waals surface area contributed by atoms with Gasteiger partial charge in [-0.2, -0.15) is 0 Å². The molecule has 0 radical (unpaired) electrons. The fourth-order valence-electron chi connectivity index (χ4n) is 2.86. The van der Waals surface area contributed by atoms with Crippen molar-refractivity contribution in [3.8, 4) is 0 Å². The van der Waals surface area contributed by atoms with Gasteiger partial charge in [-0.15, -0.1) is 0 Å². The lowest BCUT2D eigenvalue weighted by molar-refractivity contribution is -0.116. The molecular formula is C20H23ClN2O5S. The number of halogens is 1. The highest BCUT2D eigenvalue weighted by atomic mass is 35.5. The number of rotatable bonds is 7. The molecule has 1 N–H and O–H groups in total. The first-order valence-corrected chi connectivity index (χ1v) is 11.1. The summed E-state index contributed by atoms with van der Waals surface area (Å²) in [6.07, 6.45) is 1.02. The van der Waals surface area contributed by atoms with Crippen LogP contribution in [0.4, 0.5) is 11.4 Å². The Bertz CT molecular complexity index is 1020. The van der Waals surface area contributed by atoms with Crippen LogP contribution in [0.15, 0.2) is 42.5 Å². The van der Waals surface area contributed by atoms with Gasteiger partial charge in [0, 0.05) is 10.7 Å². The van der Waals surface area contributed by atoms with Crippen LogP contribution >= 0.6 is 11.6 Å². The molecule has 0 aliphatic heterocycles. The molecule has 0 saturated carbocycles. The topological polar surface area (TPSA) is 92.8 Å². The normalized spacial score (nSPS) is 12.2. The molecule has 0 aliphatic carbocycles. The number of sulfonamides is 1. The van der Waals surface area contributed by atoms with Crippen molar-refractivity contribution in [1.29, 1.82) is 0 Å². The highest BCUT2D eigenvalue weighted by Crippen LogP contribution is 2.26. The van der Waals surface area contributed by atoms with Crippen LogP contribution in [0.25, 0.3) is 0 Å². The number of carbonyl (C=O) groups is 2. The Morgan fingerprint density at radius 1 is 1.21 bits per heavy atom. The van der Waals surface area contributed by atoms with Crippen LogP contribution in [-0.2, 0) is 19.6 Å². The van der Waals surface area contributed by atoms with E-state index in [1.807, 2.05) is 0 Å². The molecule has 0 spiro atoms. The molecule has 7 nitrogen and oxygen atoms in total. The summed E-state index contributed by atoms with van der Waals surface area (Å²) in [7, 11) is -3.77. The van der Waals surface area contributed by atoms with Gasteiger partial charge < -0.3 is 10.1 Å². The van der Waals surface area contributed by atoms with E-state index in [0.717, 1.165) is 10.6 Å². The molecule has 1 atom stereocenters. The van der Waals surface area contributed by atoms with Crippen molar-refractivity contribution in [2.45, 2.75) is 26.8 Å². The van der Waals surface area contributed by atoms with Crippen LogP contribution in [0.1, 0.15) is 29.8 Å². The zero-order valence-corrected chi connectivity index (χ0v) is 18.2. The monoisotopic (exact) mass is 438 g/mol. The first-order valence-electron chi connectivity index (χ1n) is 8.88. The fourth-order valence-corrected chi connectivity index (χ4v) is 4.21. The number of carbonyl (C=O) groups excluding carboxylic acids is 2. The first kappa shape index (κ1) is 22.7. The lowest BCUT2D eigenvalue weighted by Crippen LogP contribution is -2.45. The van der Waals surface area contributed by atoms with E-state index in [1.54, 1.807) is 50.2 Å². The Kier molecular flexibility index (Phi) is 7.26. The third-order valence-electron chi connectivity index (χ3n) is 4.24. The molecule has 0 saturated heterocycles. The van der Waals surface area contributed by atoms with Crippen molar-refractivity contribution in [3.05, 3.63) is 58.6 Å². The number of nitrogens with zero attached hydrogens (tertiary/aromatic N) is 1. The molecule has 29 heavy (non-hydrogen) atoms. The zero-order chi connectivity index (χ0) is 21.8. The number of hydrogen-bond acceptors (Lipinski definition) is 5. The maximum Gasteiger partial charge on any atom is 0.338 e. The number of anilines is 2. The second-order valence-corrected chi connectivity index (χ2v) is 8.70. The average molecular weight is 439 g/mol. The highest BCUT2D eigenvalue weighted by Gasteiger charge is 2.29. The molecule has 2 aromatic carbocycles. The predicted octanol–water partition coefficient (Wildman–Crippen LogP) is 3.62. The number of benzene rings is 2. The lowest BCUT2D eigenvalue weighted by Gasteiger charge is -2.28. The van der Waals surface area contributed by atoms with E-state index in [1.165, 1.54) is 13.0 Å². The third-order valence-corrected chi connectivity index (χ3v) is 5.71. The van der Waals surface area contributed by atoms with Crippen molar-refractivity contribution >= 4 is 44.9 Å². The minimum absolute atomic E-state index is 0.231. The number of ether oxygens (including phenoxy) is 1. The maximum atomic E-state index is 12.9. The van der Waals surface area contributed by atoms with E-state index in [9.17, 15) is 18.0 Å². The van der Waals surface area contributed by atoms with E-state index < -0.39 is 27.9 Å². The van der Waals surface area contributed by atoms with Crippen molar-refractivity contribution in [2.75, 3.05) is 22.5 Å². The Morgan fingerprint density at radius 3 is 2.45 bits per heavy atom. The van der Waals surface area contributed by atoms with Crippen LogP contribution in [-0.4, -0.2) is 39.2 Å². The quantitative estimate of drug-likeness (QED) is 0.666. The molecule has 0 aliphatic rings. The lowest BCUT2D eigenvalue weighted by atomic mass is 10.1. The second-order valence-electron chi connectivity index (χ2n) is 6.40. The summed E-state index contributed by atoms with van der Waals surface area (Å²) in [6, 6.07) is 10.0. The molecular weight excluding hydrogens is 416 g/mol. The number of hydrogen-bond donors (Lipinski definition) is 1. The summed E-state index contributed by atoms with van der Waals surface area (Å²) in [4.78, 5) is 24.9. The van der Waals surface area contributed by atoms with Crippen LogP contribution in [0.3, 0.4) is 0 Å². The van der Waals surface area contributed by atoms with Crippen molar-refractivity contribution in [2.24, 2.45) is 0 Å². The SMILES string of the molecule is CCOC(=O)c1cccc(NC(=O)[C@H](C)N(c2cccc(Cl)c2)S(C)(=O)=O)c1C. The summed E-state index contributed by atoms with van der Waals surface area (Å²) in [6.45, 7) is 5.09. The fraction of sp³-hybridized carbons (Fsp3) is 0.300. The average Bonchev–Trinajstić information content (AvgIpc) is 2.62. The summed E-state index contributed by atoms with van der Waals surface area (Å²) in [5.41, 5.74) is 1.53. The Hall–Kier alpha value is -2.58. The third kappa shape index (κ3) is 5.48. The summed E-state index contributed by atoms with van der Waals surface area (Å²) < 4.78 is 30.7. The van der Waals surface area contributed by atoms with Crippen LogP contribution in [0.5, 0.6) is 0 Å². The van der Waals surface area contributed by atoms with E-state index >= 15 is 0 Å². The molecule has 9 heteroatoms. The van der Waals surface area contributed by atoms with Crippen LogP contribution in [0.2, 0.25) is 5.02 Å². The maximum absolute atomic E-state index is 12.9. The minimum atomic E-state index is -3.77. The minimum Gasteiger partial charge on any atom is -0.462 e. The highest BCUT2D eigenvalue weighted by molar-refractivity contribution is 7.92. The number of esters is 1. The molecule has 0 bridgehead atoms. The first-order chi connectivity index (χ1) is 13.6. The van der Waals surface area contributed by atoms with Gasteiger partial charge in [0.15, 0.2) is 0 Å². The summed E-state index contributed by atoms with van der Waals surface area (Å²) in [5, 5.41) is 3.05. The Balaban J connectivity index is 2.34. The van der Waals surface area contributed by atoms with Gasteiger partial charge in [0.2, 0.25) is 15.9 Å². The number of amides is 1. The Morgan fingerprint density at radius 2 is 1.86 bits per heavy atom. The van der Waals surface area contributed by atoms with Crippen LogP contribution in [0, 0.1) is 6.92 Å². The standard InChI is InChI=1S/C20H23ClN2O5S/c1-5-28-20(25)17-10-7-11-18(13(17)2)22-19(24)14(3)23(29(4,26)27)16-9-6-8-15(21)12-16/h6-12,14H,5H2,1-4H3,(H,22,24)/t14-/m0/s1. The van der Waals surface area contributed by atoms with Gasteiger partial charge in [-0.3, -0.25) is 9.10 Å².